The SMILES string of the molecule is O=C(CC(=O)N1CCc2ccccc21)N1CCOCC1. The minimum absolute atomic E-state index is 0.0473. The fourth-order valence-electron chi connectivity index (χ4n) is 2.75. The van der Waals surface area contributed by atoms with Gasteiger partial charge < -0.3 is 14.5 Å². The molecule has 1 saturated heterocycles. The Morgan fingerprint density at radius 3 is 2.60 bits per heavy atom. The van der Waals surface area contributed by atoms with Crippen LogP contribution in [0.5, 0.6) is 0 Å². The van der Waals surface area contributed by atoms with Gasteiger partial charge in [0.15, 0.2) is 0 Å². The molecule has 0 unspecified atom stereocenters. The highest BCUT2D eigenvalue weighted by Gasteiger charge is 2.27. The maximum atomic E-state index is 12.3. The molecule has 1 aromatic carbocycles. The van der Waals surface area contributed by atoms with E-state index >= 15 is 0 Å². The largest absolute Gasteiger partial charge is 0.378 e. The summed E-state index contributed by atoms with van der Waals surface area (Å²) in [5, 5.41) is 0. The molecule has 0 N–H and O–H groups in total. The van der Waals surface area contributed by atoms with Gasteiger partial charge in [-0.05, 0) is 18.1 Å². The van der Waals surface area contributed by atoms with Gasteiger partial charge in [0.1, 0.15) is 6.42 Å². The van der Waals surface area contributed by atoms with E-state index in [0.29, 0.717) is 32.8 Å². The second-order valence-electron chi connectivity index (χ2n) is 5.09. The topological polar surface area (TPSA) is 49.9 Å². The van der Waals surface area contributed by atoms with Crippen LogP contribution in [0.3, 0.4) is 0 Å². The number of amides is 2. The van der Waals surface area contributed by atoms with Gasteiger partial charge in [-0.15, -0.1) is 0 Å². The summed E-state index contributed by atoms with van der Waals surface area (Å²) >= 11 is 0. The summed E-state index contributed by atoms with van der Waals surface area (Å²) in [5.74, 6) is -0.200. The number of morpholine rings is 1. The van der Waals surface area contributed by atoms with E-state index in [1.165, 1.54) is 5.56 Å². The lowest BCUT2D eigenvalue weighted by molar-refractivity contribution is -0.138. The first-order valence-corrected chi connectivity index (χ1v) is 6.99. The Labute approximate surface area is 118 Å². The molecule has 0 atom stereocenters. The summed E-state index contributed by atoms with van der Waals surface area (Å²) in [6, 6.07) is 7.88. The highest BCUT2D eigenvalue weighted by atomic mass is 16.5. The normalized spacial score (nSPS) is 18.0. The Morgan fingerprint density at radius 2 is 1.80 bits per heavy atom. The first kappa shape index (κ1) is 13.1. The van der Waals surface area contributed by atoms with Crippen LogP contribution in [0.4, 0.5) is 5.69 Å². The molecule has 2 aliphatic rings. The third-order valence-electron chi connectivity index (χ3n) is 3.85. The zero-order chi connectivity index (χ0) is 13.9. The number of carbonyl (C=O) groups is 2. The first-order valence-electron chi connectivity index (χ1n) is 6.99. The minimum atomic E-state index is -0.105. The number of benzene rings is 1. The predicted molar refractivity (Wildman–Crippen MR) is 74.5 cm³/mol. The van der Waals surface area contributed by atoms with Gasteiger partial charge in [0.25, 0.3) is 0 Å². The molecule has 0 bridgehead atoms. The summed E-state index contributed by atoms with van der Waals surface area (Å²) < 4.78 is 5.21. The van der Waals surface area contributed by atoms with Crippen molar-refractivity contribution in [3.05, 3.63) is 29.8 Å². The van der Waals surface area contributed by atoms with Gasteiger partial charge in [-0.1, -0.05) is 18.2 Å². The van der Waals surface area contributed by atoms with E-state index in [1.54, 1.807) is 9.80 Å². The van der Waals surface area contributed by atoms with Crippen molar-refractivity contribution in [2.75, 3.05) is 37.7 Å². The third kappa shape index (κ3) is 2.54. The average Bonchev–Trinajstić information content (AvgIpc) is 2.92. The van der Waals surface area contributed by atoms with E-state index in [2.05, 4.69) is 0 Å². The molecule has 5 heteroatoms. The van der Waals surface area contributed by atoms with Gasteiger partial charge >= 0.3 is 0 Å². The molecular formula is C15H18N2O3. The lowest BCUT2D eigenvalue weighted by Gasteiger charge is -2.27. The molecule has 0 aliphatic carbocycles. The lowest BCUT2D eigenvalue weighted by Crippen LogP contribution is -2.43. The van der Waals surface area contributed by atoms with Crippen molar-refractivity contribution in [2.45, 2.75) is 12.8 Å². The van der Waals surface area contributed by atoms with Crippen molar-refractivity contribution in [3.63, 3.8) is 0 Å². The number of carbonyl (C=O) groups excluding carboxylic acids is 2. The number of anilines is 1. The van der Waals surface area contributed by atoms with Gasteiger partial charge in [-0.2, -0.15) is 0 Å². The van der Waals surface area contributed by atoms with Crippen LogP contribution in [0.15, 0.2) is 24.3 Å². The van der Waals surface area contributed by atoms with Crippen molar-refractivity contribution in [1.29, 1.82) is 0 Å². The fraction of sp³-hybridized carbons (Fsp3) is 0.467. The van der Waals surface area contributed by atoms with E-state index in [1.807, 2.05) is 24.3 Å². The number of hydrogen-bond acceptors (Lipinski definition) is 3. The molecule has 0 radical (unpaired) electrons. The van der Waals surface area contributed by atoms with Crippen LogP contribution >= 0.6 is 0 Å². The molecule has 1 aromatic rings. The molecule has 0 saturated carbocycles. The lowest BCUT2D eigenvalue weighted by atomic mass is 10.2. The van der Waals surface area contributed by atoms with Crippen LogP contribution in [-0.4, -0.2) is 49.6 Å². The zero-order valence-electron chi connectivity index (χ0n) is 11.4. The van der Waals surface area contributed by atoms with Gasteiger partial charge in [-0.25, -0.2) is 0 Å². The number of para-hydroxylation sites is 1. The molecule has 1 fully saturated rings. The molecular weight excluding hydrogens is 256 g/mol. The Bertz CT molecular complexity index is 524. The maximum Gasteiger partial charge on any atom is 0.236 e. The monoisotopic (exact) mass is 274 g/mol. The molecule has 0 spiro atoms. The second-order valence-corrected chi connectivity index (χ2v) is 5.09. The molecule has 2 aliphatic heterocycles. The van der Waals surface area contributed by atoms with Crippen molar-refractivity contribution in [3.8, 4) is 0 Å². The number of ether oxygens (including phenoxy) is 1. The van der Waals surface area contributed by atoms with Crippen molar-refractivity contribution >= 4 is 17.5 Å². The smallest absolute Gasteiger partial charge is 0.236 e. The van der Waals surface area contributed by atoms with Crippen LogP contribution in [0.1, 0.15) is 12.0 Å². The average molecular weight is 274 g/mol. The van der Waals surface area contributed by atoms with Crippen LogP contribution in [0.25, 0.3) is 0 Å². The predicted octanol–water partition coefficient (Wildman–Crippen LogP) is 0.825. The number of nitrogens with zero attached hydrogens (tertiary/aromatic N) is 2. The van der Waals surface area contributed by atoms with E-state index in [4.69, 9.17) is 4.74 Å². The van der Waals surface area contributed by atoms with Crippen molar-refractivity contribution < 1.29 is 14.3 Å². The molecule has 0 aromatic heterocycles. The molecule has 2 amide bonds. The van der Waals surface area contributed by atoms with E-state index in [9.17, 15) is 9.59 Å². The van der Waals surface area contributed by atoms with Crippen LogP contribution in [0, 0.1) is 0 Å². The quantitative estimate of drug-likeness (QED) is 0.750. The summed E-state index contributed by atoms with van der Waals surface area (Å²) in [7, 11) is 0. The van der Waals surface area contributed by atoms with Crippen LogP contribution in [-0.2, 0) is 20.7 Å². The Kier molecular flexibility index (Phi) is 3.69. The highest BCUT2D eigenvalue weighted by Crippen LogP contribution is 2.27. The fourth-order valence-corrected chi connectivity index (χ4v) is 2.75. The number of rotatable bonds is 2. The third-order valence-corrected chi connectivity index (χ3v) is 3.85. The van der Waals surface area contributed by atoms with E-state index < -0.39 is 0 Å². The highest BCUT2D eigenvalue weighted by molar-refractivity contribution is 6.05. The van der Waals surface area contributed by atoms with Crippen molar-refractivity contribution in [1.82, 2.24) is 4.90 Å². The van der Waals surface area contributed by atoms with Gasteiger partial charge in [-0.3, -0.25) is 9.59 Å². The van der Waals surface area contributed by atoms with Gasteiger partial charge in [0, 0.05) is 25.3 Å². The molecule has 2 heterocycles. The summed E-state index contributed by atoms with van der Waals surface area (Å²) in [4.78, 5) is 27.8. The van der Waals surface area contributed by atoms with Crippen LogP contribution in [0.2, 0.25) is 0 Å². The Morgan fingerprint density at radius 1 is 1.05 bits per heavy atom. The van der Waals surface area contributed by atoms with Gasteiger partial charge in [0.05, 0.1) is 13.2 Å². The Hall–Kier alpha value is -1.88. The van der Waals surface area contributed by atoms with E-state index in [-0.39, 0.29) is 18.2 Å². The molecule has 106 valence electrons. The minimum Gasteiger partial charge on any atom is -0.378 e. The summed E-state index contributed by atoms with van der Waals surface area (Å²) in [6.07, 6.45) is 0.821. The number of hydrogen-bond donors (Lipinski definition) is 0. The molecule has 3 rings (SSSR count). The second kappa shape index (κ2) is 5.63. The van der Waals surface area contributed by atoms with Crippen molar-refractivity contribution in [2.24, 2.45) is 0 Å². The standard InChI is InChI=1S/C15H18N2O3/c18-14(16-7-9-20-10-8-16)11-15(19)17-6-5-12-3-1-2-4-13(12)17/h1-4H,5-11H2. The number of fused-ring (bicyclic) bond motifs is 1. The molecule has 5 nitrogen and oxygen atoms in total. The first-order chi connectivity index (χ1) is 9.75. The molecule has 20 heavy (non-hydrogen) atoms. The summed E-state index contributed by atoms with van der Waals surface area (Å²) in [5.41, 5.74) is 2.13. The van der Waals surface area contributed by atoms with Crippen LogP contribution < -0.4 is 4.90 Å². The zero-order valence-corrected chi connectivity index (χ0v) is 11.4. The van der Waals surface area contributed by atoms with E-state index in [0.717, 1.165) is 12.1 Å². The maximum absolute atomic E-state index is 12.3. The van der Waals surface area contributed by atoms with Gasteiger partial charge in [0.2, 0.25) is 11.8 Å². The summed E-state index contributed by atoms with van der Waals surface area (Å²) in [6.45, 7) is 2.97. The Balaban J connectivity index is 1.64.